The minimum Gasteiger partial charge on any atom is -0.322 e. The Kier molecular flexibility index (Phi) is 2.57. The van der Waals surface area contributed by atoms with Crippen molar-refractivity contribution in [3.8, 4) is 5.95 Å². The quantitative estimate of drug-likeness (QED) is 0.745. The van der Waals surface area contributed by atoms with Crippen LogP contribution in [0.1, 0.15) is 0 Å². The first kappa shape index (κ1) is 11.3. The molecule has 0 atom stereocenters. The molecule has 0 radical (unpaired) electrons. The number of H-pyrrole nitrogens is 1. The third-order valence-electron chi connectivity index (χ3n) is 2.45. The fourth-order valence-electron chi connectivity index (χ4n) is 1.60. The van der Waals surface area contributed by atoms with Gasteiger partial charge < -0.3 is 4.98 Å². The molecule has 3 aromatic rings. The van der Waals surface area contributed by atoms with Gasteiger partial charge in [-0.15, -0.1) is 0 Å². The number of aromatic amines is 1. The van der Waals surface area contributed by atoms with Crippen molar-refractivity contribution in [1.29, 1.82) is 0 Å². The number of para-hydroxylation sites is 2. The third kappa shape index (κ3) is 1.68. The van der Waals surface area contributed by atoms with E-state index in [4.69, 9.17) is 23.2 Å². The number of hydrogen-bond donors (Lipinski definition) is 1. The minimum absolute atomic E-state index is 0.0767. The summed E-state index contributed by atoms with van der Waals surface area (Å²) in [6, 6.07) is 7.42. The van der Waals surface area contributed by atoms with E-state index in [0.29, 0.717) is 5.95 Å². The molecule has 1 N–H and O–H groups in total. The Morgan fingerprint density at radius 3 is 2.78 bits per heavy atom. The molecule has 90 valence electrons. The monoisotopic (exact) mass is 280 g/mol. The lowest BCUT2D eigenvalue weighted by atomic mass is 10.3. The van der Waals surface area contributed by atoms with Gasteiger partial charge in [0.1, 0.15) is 5.02 Å². The number of halogens is 2. The predicted molar refractivity (Wildman–Crippen MR) is 69.5 cm³/mol. The molecule has 3 rings (SSSR count). The maximum absolute atomic E-state index is 11.9. The molecule has 0 aliphatic rings. The molecule has 0 spiro atoms. The number of aromatic nitrogens is 4. The average Bonchev–Trinajstić information content (AvgIpc) is 2.79. The van der Waals surface area contributed by atoms with Crippen LogP contribution in [0.15, 0.2) is 35.3 Å². The van der Waals surface area contributed by atoms with Gasteiger partial charge in [-0.1, -0.05) is 35.3 Å². The van der Waals surface area contributed by atoms with Gasteiger partial charge in [0.15, 0.2) is 0 Å². The van der Waals surface area contributed by atoms with Crippen LogP contribution >= 0.6 is 23.2 Å². The zero-order chi connectivity index (χ0) is 12.7. The molecule has 2 aromatic heterocycles. The van der Waals surface area contributed by atoms with Gasteiger partial charge in [0, 0.05) is 0 Å². The van der Waals surface area contributed by atoms with E-state index in [-0.39, 0.29) is 10.0 Å². The SMILES string of the molecule is O=c1c(Cl)c(Cl)cnn1-c1nc2ccccc2[nH]1. The molecule has 0 unspecified atom stereocenters. The Morgan fingerprint density at radius 2 is 2.00 bits per heavy atom. The first-order valence-electron chi connectivity index (χ1n) is 5.05. The van der Waals surface area contributed by atoms with Gasteiger partial charge >= 0.3 is 0 Å². The van der Waals surface area contributed by atoms with Crippen molar-refractivity contribution in [1.82, 2.24) is 19.7 Å². The summed E-state index contributed by atoms with van der Waals surface area (Å²) >= 11 is 11.5. The van der Waals surface area contributed by atoms with Gasteiger partial charge in [-0.3, -0.25) is 4.79 Å². The third-order valence-corrected chi connectivity index (χ3v) is 3.20. The first-order valence-corrected chi connectivity index (χ1v) is 5.81. The number of imidazole rings is 1. The van der Waals surface area contributed by atoms with Crippen molar-refractivity contribution in [2.24, 2.45) is 0 Å². The summed E-state index contributed by atoms with van der Waals surface area (Å²) < 4.78 is 1.08. The number of rotatable bonds is 1. The molecule has 0 aliphatic heterocycles. The summed E-state index contributed by atoms with van der Waals surface area (Å²) in [4.78, 5) is 19.1. The normalized spacial score (nSPS) is 11.0. The molecule has 7 heteroatoms. The Balaban J connectivity index is 2.26. The van der Waals surface area contributed by atoms with Crippen LogP contribution < -0.4 is 5.56 Å². The van der Waals surface area contributed by atoms with E-state index in [0.717, 1.165) is 15.7 Å². The Bertz CT molecular complexity index is 760. The number of benzene rings is 1. The standard InChI is InChI=1S/C11H6Cl2N4O/c12-6-5-14-17(10(18)9(6)13)11-15-7-3-1-2-4-8(7)16-11/h1-5H,(H,15,16). The zero-order valence-electron chi connectivity index (χ0n) is 8.89. The molecule has 5 nitrogen and oxygen atoms in total. The van der Waals surface area contributed by atoms with Crippen LogP contribution in [0.3, 0.4) is 0 Å². The second-order valence-electron chi connectivity index (χ2n) is 3.60. The largest absolute Gasteiger partial charge is 0.322 e. The van der Waals surface area contributed by atoms with Crippen LogP contribution in [-0.4, -0.2) is 19.7 Å². The van der Waals surface area contributed by atoms with Gasteiger partial charge in [0.25, 0.3) is 5.56 Å². The molecule has 0 fully saturated rings. The van der Waals surface area contributed by atoms with Gasteiger partial charge in [-0.05, 0) is 12.1 Å². The fourth-order valence-corrected chi connectivity index (χ4v) is 1.86. The van der Waals surface area contributed by atoms with Crippen molar-refractivity contribution in [3.05, 3.63) is 50.9 Å². The molecule has 1 aromatic carbocycles. The van der Waals surface area contributed by atoms with Crippen molar-refractivity contribution >= 4 is 34.2 Å². The van der Waals surface area contributed by atoms with Crippen molar-refractivity contribution in [2.75, 3.05) is 0 Å². The lowest BCUT2D eigenvalue weighted by molar-refractivity contribution is 0.767. The van der Waals surface area contributed by atoms with Crippen molar-refractivity contribution in [3.63, 3.8) is 0 Å². The summed E-state index contributed by atoms with van der Waals surface area (Å²) in [7, 11) is 0. The van der Waals surface area contributed by atoms with E-state index in [1.54, 1.807) is 0 Å². The molecule has 0 aliphatic carbocycles. The van der Waals surface area contributed by atoms with Crippen LogP contribution in [0.4, 0.5) is 0 Å². The molecule has 0 amide bonds. The number of fused-ring (bicyclic) bond motifs is 1. The summed E-state index contributed by atoms with van der Waals surface area (Å²) in [6.07, 6.45) is 1.30. The average molecular weight is 281 g/mol. The number of hydrogen-bond acceptors (Lipinski definition) is 3. The Hall–Kier alpha value is -1.85. The van der Waals surface area contributed by atoms with E-state index in [2.05, 4.69) is 15.1 Å². The molecule has 0 saturated heterocycles. The summed E-state index contributed by atoms with van der Waals surface area (Å²) in [5.74, 6) is 0.305. The van der Waals surface area contributed by atoms with Gasteiger partial charge in [0.05, 0.1) is 22.3 Å². The van der Waals surface area contributed by atoms with E-state index in [1.807, 2.05) is 24.3 Å². The van der Waals surface area contributed by atoms with Gasteiger partial charge in [0.2, 0.25) is 5.95 Å². The Morgan fingerprint density at radius 1 is 1.22 bits per heavy atom. The van der Waals surface area contributed by atoms with E-state index in [1.165, 1.54) is 6.20 Å². The van der Waals surface area contributed by atoms with Gasteiger partial charge in [-0.2, -0.15) is 9.78 Å². The molecule has 18 heavy (non-hydrogen) atoms. The zero-order valence-corrected chi connectivity index (χ0v) is 10.4. The van der Waals surface area contributed by atoms with E-state index < -0.39 is 5.56 Å². The summed E-state index contributed by atoms with van der Waals surface area (Å²) in [5.41, 5.74) is 1.04. The second kappa shape index (κ2) is 4.12. The number of nitrogens with one attached hydrogen (secondary N) is 1. The highest BCUT2D eigenvalue weighted by Gasteiger charge is 2.11. The first-order chi connectivity index (χ1) is 8.66. The van der Waals surface area contributed by atoms with E-state index in [9.17, 15) is 4.79 Å². The van der Waals surface area contributed by atoms with Crippen molar-refractivity contribution in [2.45, 2.75) is 0 Å². The topological polar surface area (TPSA) is 63.6 Å². The van der Waals surface area contributed by atoms with E-state index >= 15 is 0 Å². The molecular weight excluding hydrogens is 275 g/mol. The molecule has 0 bridgehead atoms. The summed E-state index contributed by atoms with van der Waals surface area (Å²) in [6.45, 7) is 0. The summed E-state index contributed by atoms with van der Waals surface area (Å²) in [5, 5.41) is 3.94. The fraction of sp³-hybridized carbons (Fsp3) is 0. The van der Waals surface area contributed by atoms with Crippen LogP contribution in [0.2, 0.25) is 10.0 Å². The van der Waals surface area contributed by atoms with Crippen LogP contribution in [0, 0.1) is 0 Å². The number of nitrogens with zero attached hydrogens (tertiary/aromatic N) is 3. The highest BCUT2D eigenvalue weighted by Crippen LogP contribution is 2.16. The lowest BCUT2D eigenvalue weighted by Gasteiger charge is -2.00. The minimum atomic E-state index is -0.511. The Labute approximate surface area is 111 Å². The molecule has 2 heterocycles. The van der Waals surface area contributed by atoms with Crippen LogP contribution in [0.5, 0.6) is 0 Å². The predicted octanol–water partition coefficient (Wildman–Crippen LogP) is 2.42. The molecular formula is C11H6Cl2N4O. The van der Waals surface area contributed by atoms with Crippen LogP contribution in [0.25, 0.3) is 17.0 Å². The van der Waals surface area contributed by atoms with Crippen molar-refractivity contribution < 1.29 is 0 Å². The second-order valence-corrected chi connectivity index (χ2v) is 4.39. The van der Waals surface area contributed by atoms with Crippen LogP contribution in [-0.2, 0) is 0 Å². The van der Waals surface area contributed by atoms with Gasteiger partial charge in [-0.25, -0.2) is 4.98 Å². The maximum Gasteiger partial charge on any atom is 0.294 e. The molecule has 0 saturated carbocycles. The lowest BCUT2D eigenvalue weighted by Crippen LogP contribution is -2.22. The highest BCUT2D eigenvalue weighted by molar-refractivity contribution is 6.41. The smallest absolute Gasteiger partial charge is 0.294 e. The maximum atomic E-state index is 11.9. The highest BCUT2D eigenvalue weighted by atomic mass is 35.5.